The van der Waals surface area contributed by atoms with Crippen molar-refractivity contribution in [2.24, 2.45) is 0 Å². The van der Waals surface area contributed by atoms with Crippen molar-refractivity contribution in [1.82, 2.24) is 5.32 Å². The van der Waals surface area contributed by atoms with E-state index < -0.39 is 5.54 Å². The second-order valence-corrected chi connectivity index (χ2v) is 4.16. The lowest BCUT2D eigenvalue weighted by Gasteiger charge is -2.26. The molecule has 2 N–H and O–H groups in total. The zero-order valence-corrected chi connectivity index (χ0v) is 10.7. The molecule has 0 heterocycles. The lowest BCUT2D eigenvalue weighted by Crippen LogP contribution is -2.48. The highest BCUT2D eigenvalue weighted by Crippen LogP contribution is 2.18. The van der Waals surface area contributed by atoms with E-state index in [-0.39, 0.29) is 6.61 Å². The largest absolute Gasteiger partial charge is 0.494 e. The van der Waals surface area contributed by atoms with E-state index in [0.717, 1.165) is 11.5 Å². The molecule has 4 heteroatoms. The van der Waals surface area contributed by atoms with Crippen molar-refractivity contribution in [1.29, 1.82) is 0 Å². The Morgan fingerprint density at radius 1 is 1.18 bits per heavy atom. The maximum atomic E-state index is 9.21. The number of likely N-dealkylation sites (N-methyl/N-ethyl adjacent to an activating group) is 1. The number of aliphatic hydroxyl groups excluding tert-OH is 1. The zero-order chi connectivity index (χ0) is 12.7. The van der Waals surface area contributed by atoms with Gasteiger partial charge in [0.1, 0.15) is 18.1 Å². The third-order valence-corrected chi connectivity index (χ3v) is 2.64. The van der Waals surface area contributed by atoms with Crippen LogP contribution in [-0.2, 0) is 0 Å². The van der Waals surface area contributed by atoms with E-state index in [2.05, 4.69) is 5.32 Å². The Morgan fingerprint density at radius 3 is 2.12 bits per heavy atom. The smallest absolute Gasteiger partial charge is 0.119 e. The fraction of sp³-hybridized carbons (Fsp3) is 0.538. The minimum Gasteiger partial charge on any atom is -0.494 e. The predicted octanol–water partition coefficient (Wildman–Crippen LogP) is 1.43. The molecule has 0 aliphatic heterocycles. The second-order valence-electron chi connectivity index (χ2n) is 4.16. The van der Waals surface area contributed by atoms with Gasteiger partial charge in [0.25, 0.3) is 0 Å². The Balaban J connectivity index is 2.52. The van der Waals surface area contributed by atoms with Gasteiger partial charge in [-0.3, -0.25) is 0 Å². The van der Waals surface area contributed by atoms with Crippen molar-refractivity contribution < 1.29 is 14.6 Å². The molecule has 1 aromatic carbocycles. The first-order chi connectivity index (χ1) is 8.13. The van der Waals surface area contributed by atoms with Gasteiger partial charge in [-0.1, -0.05) is 0 Å². The van der Waals surface area contributed by atoms with Gasteiger partial charge in [-0.25, -0.2) is 0 Å². The van der Waals surface area contributed by atoms with Crippen LogP contribution in [0.25, 0.3) is 0 Å². The molecule has 0 spiro atoms. The van der Waals surface area contributed by atoms with E-state index in [1.54, 1.807) is 7.05 Å². The molecule has 1 unspecified atom stereocenters. The average molecular weight is 239 g/mol. The van der Waals surface area contributed by atoms with Crippen LogP contribution in [0.5, 0.6) is 11.5 Å². The summed E-state index contributed by atoms with van der Waals surface area (Å²) in [6.45, 7) is 4.95. The van der Waals surface area contributed by atoms with Gasteiger partial charge >= 0.3 is 0 Å². The number of rotatable bonds is 7. The Morgan fingerprint density at radius 2 is 1.71 bits per heavy atom. The molecule has 0 bridgehead atoms. The summed E-state index contributed by atoms with van der Waals surface area (Å²) in [5, 5.41) is 12.2. The summed E-state index contributed by atoms with van der Waals surface area (Å²) in [7, 11) is 1.80. The summed E-state index contributed by atoms with van der Waals surface area (Å²) in [4.78, 5) is 0. The van der Waals surface area contributed by atoms with Gasteiger partial charge < -0.3 is 19.9 Å². The summed E-state index contributed by atoms with van der Waals surface area (Å²) >= 11 is 0. The van der Waals surface area contributed by atoms with Crippen molar-refractivity contribution in [3.05, 3.63) is 24.3 Å². The Labute approximate surface area is 103 Å². The molecular formula is C13H21NO3. The number of aliphatic hydroxyl groups is 1. The predicted molar refractivity (Wildman–Crippen MR) is 67.7 cm³/mol. The van der Waals surface area contributed by atoms with Crippen molar-refractivity contribution >= 4 is 0 Å². The monoisotopic (exact) mass is 239 g/mol. The standard InChI is InChI=1S/C13H21NO3/c1-4-16-11-5-7-12(8-6-11)17-10-13(2,9-15)14-3/h5-8,14-15H,4,9-10H2,1-3H3. The summed E-state index contributed by atoms with van der Waals surface area (Å²) in [6, 6.07) is 7.46. The quantitative estimate of drug-likeness (QED) is 0.756. The Hall–Kier alpha value is -1.26. The molecule has 4 nitrogen and oxygen atoms in total. The first-order valence-corrected chi connectivity index (χ1v) is 5.79. The van der Waals surface area contributed by atoms with E-state index in [9.17, 15) is 5.11 Å². The molecule has 0 saturated carbocycles. The van der Waals surface area contributed by atoms with Gasteiger partial charge in [-0.05, 0) is 45.2 Å². The maximum absolute atomic E-state index is 9.21. The van der Waals surface area contributed by atoms with Crippen LogP contribution in [0.3, 0.4) is 0 Å². The van der Waals surface area contributed by atoms with Crippen LogP contribution in [0.4, 0.5) is 0 Å². The molecule has 1 rings (SSSR count). The molecular weight excluding hydrogens is 218 g/mol. The molecule has 0 radical (unpaired) electrons. The van der Waals surface area contributed by atoms with Gasteiger partial charge in [0.15, 0.2) is 0 Å². The maximum Gasteiger partial charge on any atom is 0.119 e. The summed E-state index contributed by atoms with van der Waals surface area (Å²) in [5.41, 5.74) is -0.418. The molecule has 1 aromatic rings. The molecule has 0 saturated heterocycles. The van der Waals surface area contributed by atoms with Crippen LogP contribution in [0.1, 0.15) is 13.8 Å². The highest BCUT2D eigenvalue weighted by Gasteiger charge is 2.21. The first kappa shape index (κ1) is 13.8. The number of hydrogen-bond donors (Lipinski definition) is 2. The van der Waals surface area contributed by atoms with E-state index >= 15 is 0 Å². The number of hydrogen-bond acceptors (Lipinski definition) is 4. The summed E-state index contributed by atoms with van der Waals surface area (Å²) in [6.07, 6.45) is 0. The Kier molecular flexibility index (Phi) is 5.25. The van der Waals surface area contributed by atoms with E-state index in [1.165, 1.54) is 0 Å². The number of ether oxygens (including phenoxy) is 2. The van der Waals surface area contributed by atoms with Gasteiger partial charge in [0.05, 0.1) is 18.8 Å². The van der Waals surface area contributed by atoms with Crippen molar-refractivity contribution in [3.63, 3.8) is 0 Å². The molecule has 0 aliphatic rings. The van der Waals surface area contributed by atoms with Crippen molar-refractivity contribution in [2.75, 3.05) is 26.9 Å². The molecule has 0 aliphatic carbocycles. The highest BCUT2D eigenvalue weighted by molar-refractivity contribution is 5.31. The normalized spacial score (nSPS) is 14.1. The van der Waals surface area contributed by atoms with Crippen LogP contribution < -0.4 is 14.8 Å². The van der Waals surface area contributed by atoms with Crippen molar-refractivity contribution in [2.45, 2.75) is 19.4 Å². The van der Waals surface area contributed by atoms with E-state index in [4.69, 9.17) is 9.47 Å². The van der Waals surface area contributed by atoms with Crippen LogP contribution in [0.15, 0.2) is 24.3 Å². The highest BCUT2D eigenvalue weighted by atomic mass is 16.5. The lowest BCUT2D eigenvalue weighted by atomic mass is 10.1. The minimum atomic E-state index is -0.418. The van der Waals surface area contributed by atoms with Gasteiger partial charge in [0.2, 0.25) is 0 Å². The lowest BCUT2D eigenvalue weighted by molar-refractivity contribution is 0.122. The van der Waals surface area contributed by atoms with Gasteiger partial charge in [0, 0.05) is 0 Å². The van der Waals surface area contributed by atoms with Gasteiger partial charge in [-0.2, -0.15) is 0 Å². The van der Waals surface area contributed by atoms with Crippen molar-refractivity contribution in [3.8, 4) is 11.5 Å². The molecule has 1 atom stereocenters. The zero-order valence-electron chi connectivity index (χ0n) is 10.7. The Bertz CT molecular complexity index is 320. The fourth-order valence-corrected chi connectivity index (χ4v) is 1.24. The third kappa shape index (κ3) is 4.24. The third-order valence-electron chi connectivity index (χ3n) is 2.64. The van der Waals surface area contributed by atoms with Crippen LogP contribution in [0, 0.1) is 0 Å². The van der Waals surface area contributed by atoms with Crippen LogP contribution in [0.2, 0.25) is 0 Å². The van der Waals surface area contributed by atoms with E-state index in [0.29, 0.717) is 13.2 Å². The second kappa shape index (κ2) is 6.47. The SMILES string of the molecule is CCOc1ccc(OCC(C)(CO)NC)cc1. The summed E-state index contributed by atoms with van der Waals surface area (Å²) in [5.74, 6) is 1.60. The number of nitrogens with one attached hydrogen (secondary N) is 1. The number of benzene rings is 1. The summed E-state index contributed by atoms with van der Waals surface area (Å²) < 4.78 is 10.9. The first-order valence-electron chi connectivity index (χ1n) is 5.79. The van der Waals surface area contributed by atoms with Crippen LogP contribution in [-0.4, -0.2) is 37.5 Å². The minimum absolute atomic E-state index is 0.0283. The molecule has 0 amide bonds. The van der Waals surface area contributed by atoms with Crippen LogP contribution >= 0.6 is 0 Å². The molecule has 0 fully saturated rings. The van der Waals surface area contributed by atoms with Gasteiger partial charge in [-0.15, -0.1) is 0 Å². The van der Waals surface area contributed by atoms with E-state index in [1.807, 2.05) is 38.1 Å². The molecule has 0 aromatic heterocycles. The average Bonchev–Trinajstić information content (AvgIpc) is 2.38. The topological polar surface area (TPSA) is 50.7 Å². The fourth-order valence-electron chi connectivity index (χ4n) is 1.24. The molecule has 17 heavy (non-hydrogen) atoms. The molecule has 96 valence electrons.